The number of pyridine rings is 1. The van der Waals surface area contributed by atoms with Crippen LogP contribution in [0.5, 0.6) is 0 Å². The van der Waals surface area contributed by atoms with Gasteiger partial charge < -0.3 is 10.6 Å². The average Bonchev–Trinajstić information content (AvgIpc) is 3.23. The zero-order valence-corrected chi connectivity index (χ0v) is 20.0. The number of nitrogens with one attached hydrogen (secondary N) is 2. The lowest BCUT2D eigenvalue weighted by Crippen LogP contribution is -2.51. The Balaban J connectivity index is 1.54. The normalized spacial score (nSPS) is 18.0. The minimum atomic E-state index is -2.86. The minimum absolute atomic E-state index is 0.206. The van der Waals surface area contributed by atoms with Crippen LogP contribution >= 0.6 is 0 Å². The van der Waals surface area contributed by atoms with Gasteiger partial charge in [0.05, 0.1) is 0 Å². The summed E-state index contributed by atoms with van der Waals surface area (Å²) in [6.45, 7) is 3.95. The van der Waals surface area contributed by atoms with E-state index in [0.717, 1.165) is 22.4 Å². The fraction of sp³-hybridized carbons (Fsp3) is 0.385. The molecule has 1 aliphatic rings. The Hall–Kier alpha value is -3.62. The number of aryl methyl sites for hydroxylation is 3. The molecular weight excluding hydrogens is 452 g/mol. The van der Waals surface area contributed by atoms with Gasteiger partial charge in [0, 0.05) is 49.2 Å². The molecule has 0 aliphatic heterocycles. The Labute approximate surface area is 202 Å². The van der Waals surface area contributed by atoms with E-state index < -0.39 is 36.1 Å². The smallest absolute Gasteiger partial charge is 0.270 e. The van der Waals surface area contributed by atoms with Crippen molar-refractivity contribution in [1.82, 2.24) is 20.1 Å². The molecule has 2 amide bonds. The maximum Gasteiger partial charge on any atom is 0.270 e. The summed E-state index contributed by atoms with van der Waals surface area (Å²) in [7, 11) is 1.60. The number of amides is 2. The lowest BCUT2D eigenvalue weighted by molar-refractivity contribution is -0.121. The van der Waals surface area contributed by atoms with E-state index >= 15 is 0 Å². The molecule has 4 rings (SSSR count). The van der Waals surface area contributed by atoms with Crippen LogP contribution in [0.15, 0.2) is 48.8 Å². The SMILES string of the molecule is Cc1ccnc(C)c1-c1ccc(NC(=O)C(NC(=O)c2ccnn2C)C2CCCC(F)(F)C2)cc1. The number of alkyl halides is 2. The number of hydrogen-bond donors (Lipinski definition) is 2. The van der Waals surface area contributed by atoms with E-state index in [1.807, 2.05) is 32.0 Å². The van der Waals surface area contributed by atoms with Gasteiger partial charge in [0.25, 0.3) is 5.91 Å². The number of halogens is 2. The van der Waals surface area contributed by atoms with Crippen LogP contribution < -0.4 is 10.6 Å². The lowest BCUT2D eigenvalue weighted by atomic mass is 9.81. The molecule has 35 heavy (non-hydrogen) atoms. The van der Waals surface area contributed by atoms with E-state index in [0.29, 0.717) is 18.5 Å². The number of hydrogen-bond acceptors (Lipinski definition) is 4. The molecule has 9 heteroatoms. The third-order valence-electron chi connectivity index (χ3n) is 6.56. The van der Waals surface area contributed by atoms with Crippen LogP contribution in [0.3, 0.4) is 0 Å². The molecule has 1 saturated carbocycles. The van der Waals surface area contributed by atoms with Crippen molar-refractivity contribution in [2.45, 2.75) is 51.5 Å². The van der Waals surface area contributed by atoms with Crippen LogP contribution in [0.25, 0.3) is 11.1 Å². The molecule has 3 aromatic rings. The Morgan fingerprint density at radius 3 is 2.49 bits per heavy atom. The number of carbonyl (C=O) groups is 2. The van der Waals surface area contributed by atoms with E-state index in [-0.39, 0.29) is 12.1 Å². The van der Waals surface area contributed by atoms with Gasteiger partial charge in [-0.1, -0.05) is 12.1 Å². The predicted octanol–water partition coefficient (Wildman–Crippen LogP) is 4.66. The van der Waals surface area contributed by atoms with Crippen molar-refractivity contribution in [3.05, 3.63) is 65.7 Å². The Morgan fingerprint density at radius 1 is 1.11 bits per heavy atom. The summed E-state index contributed by atoms with van der Waals surface area (Å²) in [4.78, 5) is 30.4. The van der Waals surface area contributed by atoms with E-state index in [9.17, 15) is 18.4 Å². The van der Waals surface area contributed by atoms with Crippen LogP contribution in [0.4, 0.5) is 14.5 Å². The van der Waals surface area contributed by atoms with Crippen molar-refractivity contribution >= 4 is 17.5 Å². The molecule has 0 spiro atoms. The molecular formula is C26H29F2N5O2. The number of aromatic nitrogens is 3. The number of nitrogens with zero attached hydrogens (tertiary/aromatic N) is 3. The second kappa shape index (κ2) is 9.93. The van der Waals surface area contributed by atoms with E-state index in [1.165, 1.54) is 16.9 Å². The van der Waals surface area contributed by atoms with Crippen molar-refractivity contribution in [3.8, 4) is 11.1 Å². The minimum Gasteiger partial charge on any atom is -0.339 e. The number of rotatable bonds is 6. The maximum atomic E-state index is 14.2. The summed E-state index contributed by atoms with van der Waals surface area (Å²) in [6.07, 6.45) is 3.29. The highest BCUT2D eigenvalue weighted by Gasteiger charge is 2.42. The highest BCUT2D eigenvalue weighted by molar-refractivity contribution is 6.00. The van der Waals surface area contributed by atoms with Gasteiger partial charge in [-0.3, -0.25) is 19.3 Å². The van der Waals surface area contributed by atoms with Crippen LogP contribution in [0.2, 0.25) is 0 Å². The van der Waals surface area contributed by atoms with Gasteiger partial charge in [-0.25, -0.2) is 8.78 Å². The lowest BCUT2D eigenvalue weighted by Gasteiger charge is -2.34. The maximum absolute atomic E-state index is 14.2. The van der Waals surface area contributed by atoms with Crippen LogP contribution in [0.1, 0.15) is 47.4 Å². The molecule has 1 fully saturated rings. The number of anilines is 1. The highest BCUT2D eigenvalue weighted by atomic mass is 19.3. The molecule has 2 N–H and O–H groups in total. The quantitative estimate of drug-likeness (QED) is 0.536. The van der Waals surface area contributed by atoms with Gasteiger partial charge in [0.2, 0.25) is 11.8 Å². The van der Waals surface area contributed by atoms with Gasteiger partial charge in [0.1, 0.15) is 11.7 Å². The summed E-state index contributed by atoms with van der Waals surface area (Å²) < 4.78 is 29.8. The number of benzene rings is 1. The first kappa shape index (κ1) is 24.5. The van der Waals surface area contributed by atoms with Crippen molar-refractivity contribution in [1.29, 1.82) is 0 Å². The molecule has 2 atom stereocenters. The standard InChI is InChI=1S/C26H29F2N5O2/c1-16-10-13-29-17(2)22(16)18-6-8-20(9-7-18)31-25(35)23(19-5-4-12-26(27,28)15-19)32-24(34)21-11-14-30-33(21)3/h6-11,13-14,19,23H,4-5,12,15H2,1-3H3,(H,31,35)(H,32,34). The zero-order valence-electron chi connectivity index (χ0n) is 20.0. The van der Waals surface area contributed by atoms with E-state index in [4.69, 9.17) is 0 Å². The van der Waals surface area contributed by atoms with Crippen molar-refractivity contribution in [2.24, 2.45) is 13.0 Å². The average molecular weight is 482 g/mol. The van der Waals surface area contributed by atoms with Gasteiger partial charge in [-0.15, -0.1) is 0 Å². The monoisotopic (exact) mass is 481 g/mol. The molecule has 0 saturated heterocycles. The third kappa shape index (κ3) is 5.55. The Bertz CT molecular complexity index is 1200. The van der Waals surface area contributed by atoms with Gasteiger partial charge in [-0.2, -0.15) is 5.10 Å². The molecule has 1 aromatic carbocycles. The fourth-order valence-electron chi connectivity index (χ4n) is 4.78. The van der Waals surface area contributed by atoms with Gasteiger partial charge in [-0.05, 0) is 68.0 Å². The van der Waals surface area contributed by atoms with E-state index in [2.05, 4.69) is 20.7 Å². The molecule has 7 nitrogen and oxygen atoms in total. The summed E-state index contributed by atoms with van der Waals surface area (Å²) in [5.74, 6) is -4.60. The topological polar surface area (TPSA) is 88.9 Å². The van der Waals surface area contributed by atoms with Gasteiger partial charge in [0.15, 0.2) is 0 Å². The summed E-state index contributed by atoms with van der Waals surface area (Å²) in [6, 6.07) is 9.62. The van der Waals surface area contributed by atoms with Crippen molar-refractivity contribution in [3.63, 3.8) is 0 Å². The zero-order chi connectivity index (χ0) is 25.2. The number of carbonyl (C=O) groups excluding carboxylic acids is 2. The molecule has 2 unspecified atom stereocenters. The van der Waals surface area contributed by atoms with Crippen LogP contribution in [0, 0.1) is 19.8 Å². The van der Waals surface area contributed by atoms with E-state index in [1.54, 1.807) is 25.4 Å². The largest absolute Gasteiger partial charge is 0.339 e. The summed E-state index contributed by atoms with van der Waals surface area (Å²) in [5.41, 5.74) is 4.73. The highest BCUT2D eigenvalue weighted by Crippen LogP contribution is 2.38. The summed E-state index contributed by atoms with van der Waals surface area (Å²) >= 11 is 0. The molecule has 0 radical (unpaired) electrons. The molecule has 2 aromatic heterocycles. The molecule has 184 valence electrons. The third-order valence-corrected chi connectivity index (χ3v) is 6.56. The van der Waals surface area contributed by atoms with Crippen molar-refractivity contribution in [2.75, 3.05) is 5.32 Å². The van der Waals surface area contributed by atoms with Crippen LogP contribution in [-0.4, -0.2) is 38.5 Å². The van der Waals surface area contributed by atoms with Crippen LogP contribution in [-0.2, 0) is 11.8 Å². The second-order valence-corrected chi connectivity index (χ2v) is 9.16. The molecule has 2 heterocycles. The Kier molecular flexibility index (Phi) is 6.95. The first-order valence-corrected chi connectivity index (χ1v) is 11.6. The second-order valence-electron chi connectivity index (χ2n) is 9.16. The summed E-state index contributed by atoms with van der Waals surface area (Å²) in [5, 5.41) is 9.46. The predicted molar refractivity (Wildman–Crippen MR) is 129 cm³/mol. The first-order valence-electron chi connectivity index (χ1n) is 11.6. The fourth-order valence-corrected chi connectivity index (χ4v) is 4.78. The Morgan fingerprint density at radius 2 is 1.86 bits per heavy atom. The molecule has 0 bridgehead atoms. The first-order chi connectivity index (χ1) is 16.6. The van der Waals surface area contributed by atoms with Crippen molar-refractivity contribution < 1.29 is 18.4 Å². The van der Waals surface area contributed by atoms with Gasteiger partial charge >= 0.3 is 0 Å². The molecule has 1 aliphatic carbocycles.